The molecule has 2 aromatic carbocycles. The highest BCUT2D eigenvalue weighted by molar-refractivity contribution is 8.00. The lowest BCUT2D eigenvalue weighted by Crippen LogP contribution is -2.17. The van der Waals surface area contributed by atoms with Gasteiger partial charge in [-0.05, 0) is 55.5 Å². The highest BCUT2D eigenvalue weighted by Crippen LogP contribution is 2.30. The van der Waals surface area contributed by atoms with E-state index in [2.05, 4.69) is 10.3 Å². The van der Waals surface area contributed by atoms with Gasteiger partial charge in [-0.1, -0.05) is 17.8 Å². The molecule has 1 N–H and O–H groups in total. The number of carbonyl (C=O) groups excluding carboxylic acids is 1. The second kappa shape index (κ2) is 8.29. The minimum Gasteiger partial charge on any atom is -0.491 e. The lowest BCUT2D eigenvalue weighted by atomic mass is 10.2. The number of ether oxygens (including phenoxy) is 2. The van der Waals surface area contributed by atoms with Gasteiger partial charge in [-0.2, -0.15) is 0 Å². The molecule has 5 nitrogen and oxygen atoms in total. The molecule has 1 unspecified atom stereocenters. The average Bonchev–Trinajstić information content (AvgIpc) is 3.35. The largest absolute Gasteiger partial charge is 0.491 e. The Kier molecular flexibility index (Phi) is 5.61. The molecule has 1 amide bonds. The monoisotopic (exact) mass is 400 g/mol. The average molecular weight is 401 g/mol. The van der Waals surface area contributed by atoms with E-state index in [0.717, 1.165) is 39.7 Å². The number of nitrogens with zero attached hydrogens (tertiary/aromatic N) is 1. The molecular weight excluding hydrogens is 380 g/mol. The van der Waals surface area contributed by atoms with Crippen molar-refractivity contribution in [1.82, 2.24) is 4.98 Å². The number of nitrogens with one attached hydrogen (secondary N) is 1. The maximum Gasteiger partial charge on any atom is 0.255 e. The molecule has 0 aliphatic carbocycles. The fourth-order valence-corrected chi connectivity index (χ4v) is 4.49. The minimum atomic E-state index is -0.161. The maximum atomic E-state index is 12.6. The molecule has 0 radical (unpaired) electrons. The highest BCUT2D eigenvalue weighted by Gasteiger charge is 2.16. The van der Waals surface area contributed by atoms with Gasteiger partial charge in [-0.15, -0.1) is 11.3 Å². The zero-order valence-corrected chi connectivity index (χ0v) is 16.6. The van der Waals surface area contributed by atoms with Gasteiger partial charge in [-0.3, -0.25) is 4.79 Å². The Morgan fingerprint density at radius 2 is 2.30 bits per heavy atom. The summed E-state index contributed by atoms with van der Waals surface area (Å²) in [5.41, 5.74) is 2.27. The number of aromatic nitrogens is 1. The van der Waals surface area contributed by atoms with E-state index in [4.69, 9.17) is 9.47 Å². The molecule has 2 heterocycles. The Bertz CT molecular complexity index is 951. The van der Waals surface area contributed by atoms with Gasteiger partial charge in [0, 0.05) is 17.9 Å². The van der Waals surface area contributed by atoms with Crippen molar-refractivity contribution in [3.63, 3.8) is 0 Å². The van der Waals surface area contributed by atoms with Gasteiger partial charge in [0.25, 0.3) is 5.91 Å². The first-order chi connectivity index (χ1) is 13.2. The van der Waals surface area contributed by atoms with Crippen LogP contribution in [0.2, 0.25) is 0 Å². The number of thioether (sulfide) groups is 1. The van der Waals surface area contributed by atoms with Gasteiger partial charge in [0.1, 0.15) is 12.4 Å². The summed E-state index contributed by atoms with van der Waals surface area (Å²) in [6.07, 6.45) is 4.27. The van der Waals surface area contributed by atoms with E-state index in [1.807, 2.05) is 36.6 Å². The van der Waals surface area contributed by atoms with Crippen molar-refractivity contribution in [2.45, 2.75) is 23.3 Å². The molecule has 4 rings (SSSR count). The van der Waals surface area contributed by atoms with Crippen molar-refractivity contribution >= 4 is 44.9 Å². The summed E-state index contributed by atoms with van der Waals surface area (Å²) < 4.78 is 13.4. The summed E-state index contributed by atoms with van der Waals surface area (Å²) in [5, 5.41) is 2.95. The number of benzene rings is 2. The molecule has 0 bridgehead atoms. The molecule has 1 aliphatic heterocycles. The van der Waals surface area contributed by atoms with Crippen molar-refractivity contribution in [2.24, 2.45) is 0 Å². The number of hydrogen-bond donors (Lipinski definition) is 1. The standard InChI is InChI=1S/C20H20N2O3S2/c1-26-20-22-17-8-7-14(11-18(17)27-20)21-19(23)13-4-2-5-15(10-13)25-12-16-6-3-9-24-16/h2,4-5,7-8,10-11,16H,3,6,9,12H2,1H3,(H,21,23). The summed E-state index contributed by atoms with van der Waals surface area (Å²) in [5.74, 6) is 0.521. The number of fused-ring (bicyclic) bond motifs is 1. The molecule has 1 saturated heterocycles. The topological polar surface area (TPSA) is 60.5 Å². The Balaban J connectivity index is 1.43. The third kappa shape index (κ3) is 4.43. The lowest BCUT2D eigenvalue weighted by molar-refractivity contribution is 0.0679. The zero-order chi connectivity index (χ0) is 18.6. The Morgan fingerprint density at radius 1 is 1.37 bits per heavy atom. The highest BCUT2D eigenvalue weighted by atomic mass is 32.2. The second-order valence-electron chi connectivity index (χ2n) is 6.29. The number of anilines is 1. The summed E-state index contributed by atoms with van der Waals surface area (Å²) >= 11 is 3.25. The van der Waals surface area contributed by atoms with E-state index in [9.17, 15) is 4.79 Å². The van der Waals surface area contributed by atoms with E-state index in [-0.39, 0.29) is 12.0 Å². The number of thiazole rings is 1. The van der Waals surface area contributed by atoms with Crippen molar-refractivity contribution in [3.8, 4) is 5.75 Å². The van der Waals surface area contributed by atoms with Gasteiger partial charge in [0.15, 0.2) is 4.34 Å². The first-order valence-electron chi connectivity index (χ1n) is 8.82. The van der Waals surface area contributed by atoms with Crippen LogP contribution in [0.1, 0.15) is 23.2 Å². The molecule has 7 heteroatoms. The van der Waals surface area contributed by atoms with Gasteiger partial charge in [-0.25, -0.2) is 4.98 Å². The van der Waals surface area contributed by atoms with E-state index in [0.29, 0.717) is 17.9 Å². The number of amides is 1. The first kappa shape index (κ1) is 18.3. The Hall–Kier alpha value is -2.09. The van der Waals surface area contributed by atoms with E-state index < -0.39 is 0 Å². The normalized spacial score (nSPS) is 16.6. The van der Waals surface area contributed by atoms with Gasteiger partial charge in [0.2, 0.25) is 0 Å². The molecule has 1 atom stereocenters. The molecule has 0 saturated carbocycles. The fraction of sp³-hybridized carbons (Fsp3) is 0.300. The summed E-state index contributed by atoms with van der Waals surface area (Å²) in [4.78, 5) is 17.1. The van der Waals surface area contributed by atoms with E-state index >= 15 is 0 Å². The molecule has 1 aromatic heterocycles. The Labute approximate surface area is 166 Å². The van der Waals surface area contributed by atoms with Crippen LogP contribution in [0.15, 0.2) is 46.8 Å². The predicted molar refractivity (Wildman–Crippen MR) is 110 cm³/mol. The number of carbonyl (C=O) groups is 1. The molecule has 27 heavy (non-hydrogen) atoms. The smallest absolute Gasteiger partial charge is 0.255 e. The Morgan fingerprint density at radius 3 is 3.11 bits per heavy atom. The zero-order valence-electron chi connectivity index (χ0n) is 14.9. The van der Waals surface area contributed by atoms with E-state index in [1.54, 1.807) is 35.2 Å². The third-order valence-corrected chi connectivity index (χ3v) is 6.36. The quantitative estimate of drug-likeness (QED) is 0.601. The minimum absolute atomic E-state index is 0.153. The molecule has 3 aromatic rings. The van der Waals surface area contributed by atoms with Gasteiger partial charge in [0.05, 0.1) is 16.3 Å². The van der Waals surface area contributed by atoms with Crippen molar-refractivity contribution in [1.29, 1.82) is 0 Å². The first-order valence-corrected chi connectivity index (χ1v) is 10.9. The van der Waals surface area contributed by atoms with Crippen molar-refractivity contribution < 1.29 is 14.3 Å². The van der Waals surface area contributed by atoms with Gasteiger partial charge < -0.3 is 14.8 Å². The molecule has 1 fully saturated rings. The van der Waals surface area contributed by atoms with Crippen LogP contribution in [0.3, 0.4) is 0 Å². The summed E-state index contributed by atoms with van der Waals surface area (Å²) in [6.45, 7) is 1.32. The van der Waals surface area contributed by atoms with Crippen LogP contribution in [0.25, 0.3) is 10.2 Å². The summed E-state index contributed by atoms with van der Waals surface area (Å²) in [6, 6.07) is 13.0. The third-order valence-electron chi connectivity index (χ3n) is 4.36. The number of hydrogen-bond acceptors (Lipinski definition) is 6. The second-order valence-corrected chi connectivity index (χ2v) is 8.38. The van der Waals surface area contributed by atoms with Crippen LogP contribution in [-0.4, -0.2) is 36.5 Å². The van der Waals surface area contributed by atoms with E-state index in [1.165, 1.54) is 0 Å². The molecule has 1 aliphatic rings. The van der Waals surface area contributed by atoms with Crippen LogP contribution < -0.4 is 10.1 Å². The van der Waals surface area contributed by atoms with Crippen molar-refractivity contribution in [2.75, 3.05) is 24.8 Å². The lowest BCUT2D eigenvalue weighted by Gasteiger charge is -2.12. The summed E-state index contributed by atoms with van der Waals surface area (Å²) in [7, 11) is 0. The van der Waals surface area contributed by atoms with Crippen LogP contribution in [-0.2, 0) is 4.74 Å². The molecular formula is C20H20N2O3S2. The van der Waals surface area contributed by atoms with Crippen LogP contribution in [0.5, 0.6) is 5.75 Å². The maximum absolute atomic E-state index is 12.6. The fourth-order valence-electron chi connectivity index (χ4n) is 2.96. The van der Waals surface area contributed by atoms with Gasteiger partial charge >= 0.3 is 0 Å². The van der Waals surface area contributed by atoms with Crippen LogP contribution in [0, 0.1) is 0 Å². The predicted octanol–water partition coefficient (Wildman–Crippen LogP) is 4.83. The van der Waals surface area contributed by atoms with Crippen LogP contribution >= 0.6 is 23.1 Å². The number of rotatable bonds is 6. The molecule has 140 valence electrons. The van der Waals surface area contributed by atoms with Crippen molar-refractivity contribution in [3.05, 3.63) is 48.0 Å². The van der Waals surface area contributed by atoms with Crippen LogP contribution in [0.4, 0.5) is 5.69 Å². The molecule has 0 spiro atoms. The SMILES string of the molecule is CSc1nc2ccc(NC(=O)c3cccc(OCC4CCCO4)c3)cc2s1.